The van der Waals surface area contributed by atoms with E-state index in [1.807, 2.05) is 0 Å². The minimum Gasteiger partial charge on any atom is -0.344 e. The van der Waals surface area contributed by atoms with Crippen molar-refractivity contribution in [2.75, 3.05) is 0 Å². The number of hydrogen-bond acceptors (Lipinski definition) is 4. The molecule has 0 bridgehead atoms. The molecule has 3 aromatic rings. The number of hydrogen-bond donors (Lipinski definition) is 1. The fourth-order valence-electron chi connectivity index (χ4n) is 4.18. The first kappa shape index (κ1) is 20.8. The van der Waals surface area contributed by atoms with Crippen molar-refractivity contribution in [2.24, 2.45) is 19.5 Å². The zero-order valence-corrected chi connectivity index (χ0v) is 17.8. The Bertz CT molecular complexity index is 1300. The van der Waals surface area contributed by atoms with Gasteiger partial charge in [-0.2, -0.15) is 5.10 Å². The maximum absolute atomic E-state index is 13.8. The molecule has 0 saturated heterocycles. The zero-order chi connectivity index (χ0) is 22.5. The van der Waals surface area contributed by atoms with Crippen LogP contribution in [0.5, 0.6) is 0 Å². The number of halogens is 1. The first-order valence-corrected chi connectivity index (χ1v) is 9.98. The van der Waals surface area contributed by atoms with Crippen molar-refractivity contribution >= 4 is 5.91 Å². The number of nitrogens with zero attached hydrogens (tertiary/aromatic N) is 4. The summed E-state index contributed by atoms with van der Waals surface area (Å²) in [5.74, 6) is -0.863. The van der Waals surface area contributed by atoms with Crippen molar-refractivity contribution in [3.8, 4) is 5.69 Å². The highest BCUT2D eigenvalue weighted by atomic mass is 19.1. The molecular formula is C22H24FN5O3. The number of amides is 1. The molecule has 1 aliphatic carbocycles. The first-order chi connectivity index (χ1) is 14.6. The average molecular weight is 425 g/mol. The predicted molar refractivity (Wildman–Crippen MR) is 113 cm³/mol. The van der Waals surface area contributed by atoms with E-state index in [9.17, 15) is 18.8 Å². The van der Waals surface area contributed by atoms with Crippen LogP contribution in [0.4, 0.5) is 4.39 Å². The standard InChI is InChI=1S/C22H24FN5O3/c1-22(2)10-16(25-20(30)17-9-19(29)27(4)21(31)26(17)3)15-12-24-28(18(15)11-22)14-7-5-6-13(23)8-14/h5-9,12,16H,10-11H2,1-4H3,(H,25,30)/t16-/m1/s1. The van der Waals surface area contributed by atoms with Crippen molar-refractivity contribution < 1.29 is 9.18 Å². The monoisotopic (exact) mass is 425 g/mol. The van der Waals surface area contributed by atoms with Crippen molar-refractivity contribution in [1.29, 1.82) is 0 Å². The Kier molecular flexibility index (Phi) is 4.91. The number of benzene rings is 1. The molecule has 1 N–H and O–H groups in total. The van der Waals surface area contributed by atoms with Gasteiger partial charge in [0.05, 0.1) is 23.6 Å². The maximum Gasteiger partial charge on any atom is 0.331 e. The van der Waals surface area contributed by atoms with Crippen molar-refractivity contribution in [1.82, 2.24) is 24.2 Å². The number of carbonyl (C=O) groups excluding carboxylic acids is 1. The van der Waals surface area contributed by atoms with Crippen molar-refractivity contribution in [3.63, 3.8) is 0 Å². The lowest BCUT2D eigenvalue weighted by molar-refractivity contribution is 0.0908. The number of aromatic nitrogens is 4. The van der Waals surface area contributed by atoms with Gasteiger partial charge >= 0.3 is 5.69 Å². The normalized spacial score (nSPS) is 17.3. The van der Waals surface area contributed by atoms with Crippen LogP contribution in [0.3, 0.4) is 0 Å². The van der Waals surface area contributed by atoms with Gasteiger partial charge in [0.1, 0.15) is 11.5 Å². The number of fused-ring (bicyclic) bond motifs is 1. The molecule has 8 nitrogen and oxygen atoms in total. The third-order valence-corrected chi connectivity index (χ3v) is 5.80. The van der Waals surface area contributed by atoms with Gasteiger partial charge < -0.3 is 5.32 Å². The van der Waals surface area contributed by atoms with Gasteiger partial charge in [-0.25, -0.2) is 13.9 Å². The number of carbonyl (C=O) groups is 1. The van der Waals surface area contributed by atoms with Crippen LogP contribution >= 0.6 is 0 Å². The molecule has 0 aliphatic heterocycles. The van der Waals surface area contributed by atoms with Crippen LogP contribution < -0.4 is 16.6 Å². The quantitative estimate of drug-likeness (QED) is 0.693. The summed E-state index contributed by atoms with van der Waals surface area (Å²) in [5.41, 5.74) is 1.07. The van der Waals surface area contributed by atoms with Gasteiger partial charge in [-0.3, -0.25) is 18.7 Å². The van der Waals surface area contributed by atoms with E-state index in [1.165, 1.54) is 26.2 Å². The minimum atomic E-state index is -0.568. The van der Waals surface area contributed by atoms with Crippen LogP contribution in [0.25, 0.3) is 5.69 Å². The highest BCUT2D eigenvalue weighted by molar-refractivity contribution is 5.92. The highest BCUT2D eigenvalue weighted by Crippen LogP contribution is 2.41. The van der Waals surface area contributed by atoms with E-state index in [1.54, 1.807) is 23.0 Å². The van der Waals surface area contributed by atoms with Crippen LogP contribution in [0.2, 0.25) is 0 Å². The summed E-state index contributed by atoms with van der Waals surface area (Å²) in [6, 6.07) is 6.98. The fourth-order valence-corrected chi connectivity index (χ4v) is 4.18. The van der Waals surface area contributed by atoms with Crippen LogP contribution in [-0.2, 0) is 20.5 Å². The van der Waals surface area contributed by atoms with Crippen LogP contribution in [-0.4, -0.2) is 24.8 Å². The second-order valence-electron chi connectivity index (χ2n) is 8.78. The Hall–Kier alpha value is -3.49. The molecule has 1 atom stereocenters. The summed E-state index contributed by atoms with van der Waals surface area (Å²) >= 11 is 0. The van der Waals surface area contributed by atoms with Crippen molar-refractivity contribution in [2.45, 2.75) is 32.7 Å². The Morgan fingerprint density at radius 2 is 1.94 bits per heavy atom. The molecule has 1 aromatic carbocycles. The molecule has 0 fully saturated rings. The van der Waals surface area contributed by atoms with Gasteiger partial charge in [-0.1, -0.05) is 19.9 Å². The van der Waals surface area contributed by atoms with Gasteiger partial charge in [-0.15, -0.1) is 0 Å². The first-order valence-electron chi connectivity index (χ1n) is 9.98. The third kappa shape index (κ3) is 3.71. The van der Waals surface area contributed by atoms with Crippen molar-refractivity contribution in [3.05, 3.63) is 80.1 Å². The summed E-state index contributed by atoms with van der Waals surface area (Å²) in [6.45, 7) is 4.18. The minimum absolute atomic E-state index is 0.00412. The Labute approximate surface area is 177 Å². The van der Waals surface area contributed by atoms with Crippen LogP contribution in [0.15, 0.2) is 46.1 Å². The molecule has 0 unspecified atom stereocenters. The summed E-state index contributed by atoms with van der Waals surface area (Å²) < 4.78 is 17.6. The molecule has 0 radical (unpaired) electrons. The Morgan fingerprint density at radius 1 is 1.19 bits per heavy atom. The van der Waals surface area contributed by atoms with Gasteiger partial charge in [-0.05, 0) is 36.5 Å². The number of rotatable bonds is 3. The van der Waals surface area contributed by atoms with Gasteiger partial charge in [0.15, 0.2) is 0 Å². The topological polar surface area (TPSA) is 90.9 Å². The molecule has 162 valence electrons. The Balaban J connectivity index is 1.73. The number of nitrogens with one attached hydrogen (secondary N) is 1. The summed E-state index contributed by atoms with van der Waals surface area (Å²) in [7, 11) is 2.82. The predicted octanol–water partition coefficient (Wildman–Crippen LogP) is 1.85. The lowest BCUT2D eigenvalue weighted by atomic mass is 9.74. The molecule has 1 aliphatic rings. The van der Waals surface area contributed by atoms with Gasteiger partial charge in [0, 0.05) is 25.7 Å². The van der Waals surface area contributed by atoms with E-state index >= 15 is 0 Å². The lowest BCUT2D eigenvalue weighted by Gasteiger charge is -2.36. The molecule has 9 heteroatoms. The van der Waals surface area contributed by atoms with E-state index in [0.717, 1.165) is 26.5 Å². The molecule has 4 rings (SSSR count). The molecule has 0 saturated carbocycles. The summed E-state index contributed by atoms with van der Waals surface area (Å²) in [5, 5.41) is 7.42. The van der Waals surface area contributed by atoms with Crippen LogP contribution in [0.1, 0.15) is 48.1 Å². The van der Waals surface area contributed by atoms with Gasteiger partial charge in [0.2, 0.25) is 0 Å². The molecule has 0 spiro atoms. The van der Waals surface area contributed by atoms with E-state index < -0.39 is 17.2 Å². The lowest BCUT2D eigenvalue weighted by Crippen LogP contribution is -2.43. The third-order valence-electron chi connectivity index (χ3n) is 5.80. The second-order valence-corrected chi connectivity index (χ2v) is 8.78. The van der Waals surface area contributed by atoms with E-state index in [4.69, 9.17) is 0 Å². The molecular weight excluding hydrogens is 401 g/mol. The molecule has 2 aromatic heterocycles. The summed E-state index contributed by atoms with van der Waals surface area (Å²) in [6.07, 6.45) is 3.04. The molecule has 1 amide bonds. The molecule has 2 heterocycles. The van der Waals surface area contributed by atoms with E-state index in [0.29, 0.717) is 18.5 Å². The fraction of sp³-hybridized carbons (Fsp3) is 0.364. The van der Waals surface area contributed by atoms with E-state index in [2.05, 4.69) is 24.3 Å². The highest BCUT2D eigenvalue weighted by Gasteiger charge is 2.36. The molecule has 31 heavy (non-hydrogen) atoms. The maximum atomic E-state index is 13.8. The van der Waals surface area contributed by atoms with Crippen LogP contribution in [0, 0.1) is 11.2 Å². The zero-order valence-electron chi connectivity index (χ0n) is 17.8. The average Bonchev–Trinajstić information content (AvgIpc) is 3.11. The second kappa shape index (κ2) is 7.33. The van der Waals surface area contributed by atoms with Gasteiger partial charge in [0.25, 0.3) is 11.5 Å². The summed E-state index contributed by atoms with van der Waals surface area (Å²) in [4.78, 5) is 37.2. The van der Waals surface area contributed by atoms with E-state index in [-0.39, 0.29) is 23.0 Å². The smallest absolute Gasteiger partial charge is 0.331 e. The largest absolute Gasteiger partial charge is 0.344 e. The Morgan fingerprint density at radius 3 is 2.65 bits per heavy atom. The SMILES string of the molecule is Cn1c(C(=O)N[C@@H]2CC(C)(C)Cc3c2cnn3-c2cccc(F)c2)cc(=O)n(C)c1=O.